The smallest absolute Gasteiger partial charge is 0.228 e. The monoisotopic (exact) mass is 350 g/mol. The largest absolute Gasteiger partial charge is 0.326 e. The first-order valence-electron chi connectivity index (χ1n) is 9.17. The zero-order chi connectivity index (χ0) is 18.8. The Kier molecular flexibility index (Phi) is 5.12. The molecule has 0 heterocycles. The van der Waals surface area contributed by atoms with Gasteiger partial charge < -0.3 is 10.6 Å². The van der Waals surface area contributed by atoms with Crippen molar-refractivity contribution in [2.24, 2.45) is 11.8 Å². The van der Waals surface area contributed by atoms with Crippen LogP contribution in [0.3, 0.4) is 0 Å². The summed E-state index contributed by atoms with van der Waals surface area (Å²) < 4.78 is 0. The van der Waals surface area contributed by atoms with Crippen molar-refractivity contribution in [1.82, 2.24) is 0 Å². The second kappa shape index (κ2) is 7.32. The average molecular weight is 350 g/mol. The first-order valence-corrected chi connectivity index (χ1v) is 9.17. The number of anilines is 2. The van der Waals surface area contributed by atoms with Crippen LogP contribution in [0.15, 0.2) is 36.4 Å². The molecule has 3 rings (SSSR count). The third kappa shape index (κ3) is 3.96. The molecule has 2 atom stereocenters. The van der Waals surface area contributed by atoms with Crippen LogP contribution in [0.1, 0.15) is 35.6 Å². The third-order valence-electron chi connectivity index (χ3n) is 4.94. The predicted molar refractivity (Wildman–Crippen MR) is 105 cm³/mol. The van der Waals surface area contributed by atoms with Crippen LogP contribution in [0.5, 0.6) is 0 Å². The van der Waals surface area contributed by atoms with Gasteiger partial charge in [0.15, 0.2) is 0 Å². The number of amides is 2. The van der Waals surface area contributed by atoms with E-state index in [1.54, 1.807) is 0 Å². The van der Waals surface area contributed by atoms with Gasteiger partial charge in [-0.15, -0.1) is 0 Å². The fourth-order valence-electron chi connectivity index (χ4n) is 3.47. The van der Waals surface area contributed by atoms with E-state index in [4.69, 9.17) is 0 Å². The first kappa shape index (κ1) is 18.2. The van der Waals surface area contributed by atoms with E-state index >= 15 is 0 Å². The van der Waals surface area contributed by atoms with E-state index in [1.807, 2.05) is 51.1 Å². The standard InChI is InChI=1S/C22H26N2O2/c1-5-16-8-6-7-15(4)20(16)24-22(26)19-12-18(19)21(25)23-17-10-13(2)9-14(3)11-17/h6-11,18-19H,5,12H2,1-4H3,(H,23,25)(H,24,26). The molecule has 2 unspecified atom stereocenters. The molecule has 1 aliphatic rings. The molecule has 2 aromatic carbocycles. The van der Waals surface area contributed by atoms with Gasteiger partial charge in [0.2, 0.25) is 11.8 Å². The Hall–Kier alpha value is -2.62. The maximum Gasteiger partial charge on any atom is 0.228 e. The van der Waals surface area contributed by atoms with Crippen molar-refractivity contribution in [3.63, 3.8) is 0 Å². The van der Waals surface area contributed by atoms with E-state index in [-0.39, 0.29) is 23.7 Å². The second-order valence-electron chi connectivity index (χ2n) is 7.27. The highest BCUT2D eigenvalue weighted by Gasteiger charge is 2.48. The molecule has 2 aromatic rings. The summed E-state index contributed by atoms with van der Waals surface area (Å²) in [6, 6.07) is 12.0. The molecule has 0 radical (unpaired) electrons. The van der Waals surface area contributed by atoms with Gasteiger partial charge in [-0.3, -0.25) is 9.59 Å². The summed E-state index contributed by atoms with van der Waals surface area (Å²) in [6.45, 7) is 8.07. The second-order valence-corrected chi connectivity index (χ2v) is 7.27. The lowest BCUT2D eigenvalue weighted by Crippen LogP contribution is -2.21. The van der Waals surface area contributed by atoms with Crippen LogP contribution in [0, 0.1) is 32.6 Å². The van der Waals surface area contributed by atoms with Crippen LogP contribution in [-0.2, 0) is 16.0 Å². The Balaban J connectivity index is 1.63. The minimum atomic E-state index is -0.245. The normalized spacial score (nSPS) is 18.3. The molecule has 0 aliphatic heterocycles. The maximum absolute atomic E-state index is 12.6. The van der Waals surface area contributed by atoms with E-state index in [0.29, 0.717) is 6.42 Å². The van der Waals surface area contributed by atoms with Crippen molar-refractivity contribution >= 4 is 23.2 Å². The van der Waals surface area contributed by atoms with Crippen LogP contribution < -0.4 is 10.6 Å². The SMILES string of the molecule is CCc1cccc(C)c1NC(=O)C1CC1C(=O)Nc1cc(C)cc(C)c1. The highest BCUT2D eigenvalue weighted by Crippen LogP contribution is 2.40. The summed E-state index contributed by atoms with van der Waals surface area (Å²) in [5.74, 6) is -0.625. The Labute approximate surface area is 155 Å². The van der Waals surface area contributed by atoms with Crippen molar-refractivity contribution in [3.05, 3.63) is 58.7 Å². The summed E-state index contributed by atoms with van der Waals surface area (Å²) in [7, 11) is 0. The average Bonchev–Trinajstić information content (AvgIpc) is 3.36. The molecule has 0 saturated heterocycles. The molecule has 0 aromatic heterocycles. The van der Waals surface area contributed by atoms with Crippen molar-refractivity contribution in [2.45, 2.75) is 40.5 Å². The number of benzene rings is 2. The number of nitrogens with one attached hydrogen (secondary N) is 2. The summed E-state index contributed by atoms with van der Waals surface area (Å²) in [4.78, 5) is 25.0. The number of hydrogen-bond acceptors (Lipinski definition) is 2. The van der Waals surface area contributed by atoms with Crippen LogP contribution in [0.2, 0.25) is 0 Å². The molecule has 1 aliphatic carbocycles. The molecule has 4 heteroatoms. The first-order chi connectivity index (χ1) is 12.4. The Morgan fingerprint density at radius 2 is 1.58 bits per heavy atom. The molecule has 1 saturated carbocycles. The lowest BCUT2D eigenvalue weighted by Gasteiger charge is -2.13. The van der Waals surface area contributed by atoms with Crippen LogP contribution >= 0.6 is 0 Å². The third-order valence-corrected chi connectivity index (χ3v) is 4.94. The van der Waals surface area contributed by atoms with E-state index in [1.165, 1.54) is 0 Å². The lowest BCUT2D eigenvalue weighted by atomic mass is 10.1. The summed E-state index contributed by atoms with van der Waals surface area (Å²) in [6.07, 6.45) is 1.47. The van der Waals surface area contributed by atoms with Gasteiger partial charge in [0, 0.05) is 11.4 Å². The minimum absolute atomic E-state index is 0.0606. The molecule has 2 N–H and O–H groups in total. The number of para-hydroxylation sites is 1. The van der Waals surface area contributed by atoms with Gasteiger partial charge in [0.05, 0.1) is 11.8 Å². The van der Waals surface area contributed by atoms with Gasteiger partial charge in [0.1, 0.15) is 0 Å². The van der Waals surface area contributed by atoms with Gasteiger partial charge in [0.25, 0.3) is 0 Å². The van der Waals surface area contributed by atoms with Crippen molar-refractivity contribution in [2.75, 3.05) is 10.6 Å². The molecule has 1 fully saturated rings. The van der Waals surface area contributed by atoms with Crippen molar-refractivity contribution in [1.29, 1.82) is 0 Å². The van der Waals surface area contributed by atoms with Crippen molar-refractivity contribution < 1.29 is 9.59 Å². The summed E-state index contributed by atoms with van der Waals surface area (Å²) in [5, 5.41) is 5.99. The number of hydrogen-bond donors (Lipinski definition) is 2. The summed E-state index contributed by atoms with van der Waals surface area (Å²) in [5.41, 5.74) is 6.07. The Morgan fingerprint density at radius 1 is 0.962 bits per heavy atom. The van der Waals surface area contributed by atoms with Gasteiger partial charge in [-0.05, 0) is 68.0 Å². The van der Waals surface area contributed by atoms with Gasteiger partial charge in [-0.1, -0.05) is 31.2 Å². The van der Waals surface area contributed by atoms with Gasteiger partial charge in [-0.2, -0.15) is 0 Å². The number of carbonyl (C=O) groups excluding carboxylic acids is 2. The Bertz CT molecular complexity index is 837. The molecule has 136 valence electrons. The fraction of sp³-hybridized carbons (Fsp3) is 0.364. The maximum atomic E-state index is 12.6. The zero-order valence-electron chi connectivity index (χ0n) is 15.8. The molecule has 26 heavy (non-hydrogen) atoms. The van der Waals surface area contributed by atoms with E-state index in [0.717, 1.165) is 40.0 Å². The van der Waals surface area contributed by atoms with E-state index in [2.05, 4.69) is 23.6 Å². The molecular formula is C22H26N2O2. The number of aryl methyl sites for hydroxylation is 4. The van der Waals surface area contributed by atoms with Crippen LogP contribution in [0.4, 0.5) is 11.4 Å². The minimum Gasteiger partial charge on any atom is -0.326 e. The highest BCUT2D eigenvalue weighted by atomic mass is 16.2. The van der Waals surface area contributed by atoms with E-state index in [9.17, 15) is 9.59 Å². The molecule has 0 spiro atoms. The Morgan fingerprint density at radius 3 is 2.19 bits per heavy atom. The van der Waals surface area contributed by atoms with Gasteiger partial charge in [-0.25, -0.2) is 0 Å². The number of rotatable bonds is 5. The van der Waals surface area contributed by atoms with E-state index < -0.39 is 0 Å². The quantitative estimate of drug-likeness (QED) is 0.840. The zero-order valence-corrected chi connectivity index (χ0v) is 15.8. The van der Waals surface area contributed by atoms with Crippen LogP contribution in [-0.4, -0.2) is 11.8 Å². The predicted octanol–water partition coefficient (Wildman–Crippen LogP) is 4.39. The molecule has 0 bridgehead atoms. The topological polar surface area (TPSA) is 58.2 Å². The lowest BCUT2D eigenvalue weighted by molar-refractivity contribution is -0.122. The number of carbonyl (C=O) groups is 2. The molecule has 2 amide bonds. The van der Waals surface area contributed by atoms with Crippen LogP contribution in [0.25, 0.3) is 0 Å². The van der Waals surface area contributed by atoms with Gasteiger partial charge >= 0.3 is 0 Å². The molecule has 4 nitrogen and oxygen atoms in total. The highest BCUT2D eigenvalue weighted by molar-refractivity contribution is 6.03. The fourth-order valence-corrected chi connectivity index (χ4v) is 3.47. The molecular weight excluding hydrogens is 324 g/mol. The summed E-state index contributed by atoms with van der Waals surface area (Å²) >= 11 is 0. The van der Waals surface area contributed by atoms with Crippen molar-refractivity contribution in [3.8, 4) is 0 Å².